The second kappa shape index (κ2) is 8.96. The van der Waals surface area contributed by atoms with Crippen molar-refractivity contribution < 1.29 is 18.7 Å². The second-order valence-corrected chi connectivity index (χ2v) is 9.68. The minimum absolute atomic E-state index is 0.133. The molecular weight excluding hydrogens is 466 g/mol. The number of benzene rings is 2. The van der Waals surface area contributed by atoms with E-state index in [4.69, 9.17) is 0 Å². The molecule has 2 aliphatic rings. The van der Waals surface area contributed by atoms with Crippen LogP contribution >= 0.6 is 15.9 Å². The third kappa shape index (κ3) is 4.69. The fourth-order valence-corrected chi connectivity index (χ4v) is 5.83. The van der Waals surface area contributed by atoms with Gasteiger partial charge < -0.3 is 15.7 Å². The largest absolute Gasteiger partial charge is 0.390 e. The van der Waals surface area contributed by atoms with Gasteiger partial charge in [0.05, 0.1) is 12.1 Å². The van der Waals surface area contributed by atoms with Crippen molar-refractivity contribution >= 4 is 21.8 Å². The van der Waals surface area contributed by atoms with Crippen LogP contribution in [-0.2, 0) is 16.8 Å². The quantitative estimate of drug-likeness (QED) is 0.520. The fraction of sp³-hybridized carbons (Fsp3) is 0.458. The Labute approximate surface area is 189 Å². The Morgan fingerprint density at radius 2 is 1.87 bits per heavy atom. The molecule has 2 aromatic carbocycles. The summed E-state index contributed by atoms with van der Waals surface area (Å²) in [5.41, 5.74) is 1.42. The van der Waals surface area contributed by atoms with Gasteiger partial charge in [0.15, 0.2) is 0 Å². The summed E-state index contributed by atoms with van der Waals surface area (Å²) in [6.45, 7) is 1.63. The molecule has 166 valence electrons. The van der Waals surface area contributed by atoms with E-state index in [2.05, 4.69) is 38.7 Å². The first-order valence-electron chi connectivity index (χ1n) is 10.7. The Bertz CT molecular complexity index is 940. The number of carbonyl (C=O) groups is 1. The number of rotatable bonds is 8. The van der Waals surface area contributed by atoms with E-state index in [0.717, 1.165) is 23.4 Å². The van der Waals surface area contributed by atoms with Crippen LogP contribution in [0.25, 0.3) is 0 Å². The van der Waals surface area contributed by atoms with E-state index in [-0.39, 0.29) is 24.4 Å². The maximum atomic E-state index is 13.6. The lowest BCUT2D eigenvalue weighted by atomic mass is 9.94. The molecule has 4 rings (SSSR count). The molecule has 0 radical (unpaired) electrons. The zero-order valence-corrected chi connectivity index (χ0v) is 19.0. The monoisotopic (exact) mass is 492 g/mol. The molecule has 3 N–H and O–H groups in total. The molecule has 0 bridgehead atoms. The van der Waals surface area contributed by atoms with Crippen LogP contribution in [0.2, 0.25) is 0 Å². The van der Waals surface area contributed by atoms with Crippen LogP contribution in [0.3, 0.4) is 0 Å². The number of carbonyl (C=O) groups excluding carboxylic acids is 1. The van der Waals surface area contributed by atoms with Gasteiger partial charge in [-0.2, -0.15) is 0 Å². The lowest BCUT2D eigenvalue weighted by Gasteiger charge is -2.29. The topological polar surface area (TPSA) is 61.4 Å². The minimum atomic E-state index is -0.916. The zero-order chi connectivity index (χ0) is 22.2. The van der Waals surface area contributed by atoms with Gasteiger partial charge in [-0.05, 0) is 66.5 Å². The van der Waals surface area contributed by atoms with Gasteiger partial charge in [0.25, 0.3) is 0 Å². The predicted octanol–water partition coefficient (Wildman–Crippen LogP) is 4.05. The van der Waals surface area contributed by atoms with Crippen molar-refractivity contribution in [2.24, 2.45) is 11.8 Å². The Balaban J connectivity index is 1.50. The summed E-state index contributed by atoms with van der Waals surface area (Å²) < 4.78 is 28.2. The normalized spacial score (nSPS) is 26.2. The molecule has 1 amide bonds. The Morgan fingerprint density at radius 1 is 1.19 bits per heavy atom. The summed E-state index contributed by atoms with van der Waals surface area (Å²) in [5, 5.41) is 17.3. The standard InChI is InChI=1S/C24H27BrF2N2O2/c1-14(30)29-22(10-15-8-18(26)12-19(27)9-15)23(31)13-28-24(20-6-3-7-21(20)24)16-4-2-5-17(25)11-16/h2,4-5,8-9,11-12,20-23,28,31H,3,6-7,10,13H2,1H3,(H,29,30). The highest BCUT2D eigenvalue weighted by Crippen LogP contribution is 2.66. The summed E-state index contributed by atoms with van der Waals surface area (Å²) in [6, 6.07) is 10.9. The van der Waals surface area contributed by atoms with Crippen molar-refractivity contribution in [3.8, 4) is 0 Å². The maximum absolute atomic E-state index is 13.6. The van der Waals surface area contributed by atoms with E-state index in [0.29, 0.717) is 17.4 Å². The molecule has 0 aromatic heterocycles. The number of aliphatic hydroxyl groups excluding tert-OH is 1. The lowest BCUT2D eigenvalue weighted by molar-refractivity contribution is -0.120. The molecule has 4 atom stereocenters. The summed E-state index contributed by atoms with van der Waals surface area (Å²) in [5.74, 6) is -0.589. The highest BCUT2D eigenvalue weighted by atomic mass is 79.9. The van der Waals surface area contributed by atoms with E-state index in [1.165, 1.54) is 31.0 Å². The zero-order valence-electron chi connectivity index (χ0n) is 17.4. The van der Waals surface area contributed by atoms with Crippen LogP contribution in [-0.4, -0.2) is 29.7 Å². The van der Waals surface area contributed by atoms with Crippen LogP contribution in [0.5, 0.6) is 0 Å². The number of fused-ring (bicyclic) bond motifs is 1. The molecule has 0 aliphatic heterocycles. The average molecular weight is 493 g/mol. The first kappa shape index (κ1) is 22.4. The summed E-state index contributed by atoms with van der Waals surface area (Å²) in [6.07, 6.45) is 2.74. The van der Waals surface area contributed by atoms with Crippen LogP contribution < -0.4 is 10.6 Å². The van der Waals surface area contributed by atoms with E-state index in [1.807, 2.05) is 12.1 Å². The molecule has 2 aromatic rings. The molecule has 4 unspecified atom stereocenters. The van der Waals surface area contributed by atoms with Crippen LogP contribution in [0.1, 0.15) is 37.3 Å². The van der Waals surface area contributed by atoms with Crippen molar-refractivity contribution in [2.75, 3.05) is 6.54 Å². The van der Waals surface area contributed by atoms with Crippen LogP contribution in [0.4, 0.5) is 8.78 Å². The first-order valence-corrected chi connectivity index (χ1v) is 11.5. The highest BCUT2D eigenvalue weighted by molar-refractivity contribution is 9.10. The molecule has 2 saturated carbocycles. The number of hydrogen-bond acceptors (Lipinski definition) is 3. The van der Waals surface area contributed by atoms with E-state index < -0.39 is 23.8 Å². The Kier molecular flexibility index (Phi) is 6.47. The fourth-order valence-electron chi connectivity index (χ4n) is 5.43. The van der Waals surface area contributed by atoms with E-state index >= 15 is 0 Å². The van der Waals surface area contributed by atoms with Gasteiger partial charge in [-0.3, -0.25) is 4.79 Å². The second-order valence-electron chi connectivity index (χ2n) is 8.76. The third-order valence-electron chi connectivity index (χ3n) is 6.71. The number of hydrogen-bond donors (Lipinski definition) is 3. The van der Waals surface area contributed by atoms with Crippen molar-refractivity contribution in [1.29, 1.82) is 0 Å². The number of amides is 1. The van der Waals surface area contributed by atoms with Crippen molar-refractivity contribution in [2.45, 2.75) is 50.3 Å². The third-order valence-corrected chi connectivity index (χ3v) is 7.21. The molecule has 2 fully saturated rings. The molecular formula is C24H27BrF2N2O2. The molecule has 0 heterocycles. The molecule has 0 saturated heterocycles. The Morgan fingerprint density at radius 3 is 2.48 bits per heavy atom. The van der Waals surface area contributed by atoms with Gasteiger partial charge >= 0.3 is 0 Å². The van der Waals surface area contributed by atoms with E-state index in [9.17, 15) is 18.7 Å². The number of nitrogens with one attached hydrogen (secondary N) is 2. The Hall–Kier alpha value is -1.83. The van der Waals surface area contributed by atoms with Crippen LogP contribution in [0, 0.1) is 23.5 Å². The summed E-state index contributed by atoms with van der Waals surface area (Å²) in [7, 11) is 0. The molecule has 7 heteroatoms. The van der Waals surface area contributed by atoms with Gasteiger partial charge in [0, 0.05) is 29.5 Å². The van der Waals surface area contributed by atoms with Gasteiger partial charge in [0.2, 0.25) is 5.91 Å². The maximum Gasteiger partial charge on any atom is 0.217 e. The van der Waals surface area contributed by atoms with Crippen molar-refractivity contribution in [3.63, 3.8) is 0 Å². The highest BCUT2D eigenvalue weighted by Gasteiger charge is 2.66. The van der Waals surface area contributed by atoms with Gasteiger partial charge in [-0.1, -0.05) is 34.5 Å². The molecule has 0 spiro atoms. The van der Waals surface area contributed by atoms with Crippen LogP contribution in [0.15, 0.2) is 46.9 Å². The van der Waals surface area contributed by atoms with Crippen molar-refractivity contribution in [3.05, 3.63) is 69.7 Å². The van der Waals surface area contributed by atoms with Gasteiger partial charge in [-0.15, -0.1) is 0 Å². The average Bonchev–Trinajstić information content (AvgIpc) is 3.03. The van der Waals surface area contributed by atoms with Gasteiger partial charge in [0.1, 0.15) is 11.6 Å². The number of aliphatic hydroxyl groups is 1. The van der Waals surface area contributed by atoms with E-state index in [1.54, 1.807) is 0 Å². The molecule has 4 nitrogen and oxygen atoms in total. The minimum Gasteiger partial charge on any atom is -0.390 e. The predicted molar refractivity (Wildman–Crippen MR) is 118 cm³/mol. The van der Waals surface area contributed by atoms with Crippen molar-refractivity contribution in [1.82, 2.24) is 10.6 Å². The lowest BCUT2D eigenvalue weighted by Crippen LogP contribution is -2.50. The smallest absolute Gasteiger partial charge is 0.217 e. The summed E-state index contributed by atoms with van der Waals surface area (Å²) >= 11 is 3.56. The SMILES string of the molecule is CC(=O)NC(Cc1cc(F)cc(F)c1)C(O)CNC1(c2cccc(Br)c2)C2CCCC21. The van der Waals surface area contributed by atoms with Gasteiger partial charge in [-0.25, -0.2) is 8.78 Å². The number of halogens is 3. The first-order chi connectivity index (χ1) is 14.8. The summed E-state index contributed by atoms with van der Waals surface area (Å²) in [4.78, 5) is 11.7. The molecule has 31 heavy (non-hydrogen) atoms. The molecule has 2 aliphatic carbocycles.